The van der Waals surface area contributed by atoms with Crippen molar-refractivity contribution in [2.75, 3.05) is 13.1 Å². The van der Waals surface area contributed by atoms with Crippen molar-refractivity contribution in [3.05, 3.63) is 12.2 Å². The quantitative estimate of drug-likeness (QED) is 0.581. The van der Waals surface area contributed by atoms with Crippen molar-refractivity contribution >= 4 is 5.97 Å². The van der Waals surface area contributed by atoms with E-state index in [1.807, 2.05) is 17.9 Å². The molecule has 2 atom stereocenters. The lowest BCUT2D eigenvalue weighted by Gasteiger charge is -2.19. The van der Waals surface area contributed by atoms with Crippen molar-refractivity contribution in [2.45, 2.75) is 32.7 Å². The number of nitrogens with zero attached hydrogens (tertiary/aromatic N) is 1. The average Bonchev–Trinajstić information content (AvgIpc) is 2.62. The molecule has 0 aromatic heterocycles. The first-order chi connectivity index (χ1) is 7.69. The second-order valence-electron chi connectivity index (χ2n) is 4.05. The summed E-state index contributed by atoms with van der Waals surface area (Å²) in [4.78, 5) is 13.1. The molecule has 1 rings (SSSR count). The Kier molecular flexibility index (Phi) is 5.07. The zero-order chi connectivity index (χ0) is 12.0. The zero-order valence-electron chi connectivity index (χ0n) is 9.94. The predicted molar refractivity (Wildman–Crippen MR) is 64.0 cm³/mol. The van der Waals surface area contributed by atoms with E-state index in [1.54, 1.807) is 6.92 Å². The summed E-state index contributed by atoms with van der Waals surface area (Å²) in [5, 5.41) is 9.12. The fourth-order valence-electron chi connectivity index (χ4n) is 2.18. The molecule has 1 aliphatic rings. The highest BCUT2D eigenvalue weighted by molar-refractivity contribution is 5.74. The number of carboxylic acid groups (broad SMARTS) is 1. The molecule has 2 unspecified atom stereocenters. The molecular formula is C13H19NO2. The van der Waals surface area contributed by atoms with Gasteiger partial charge in [0.05, 0.1) is 0 Å². The van der Waals surface area contributed by atoms with Crippen LogP contribution in [-0.2, 0) is 4.79 Å². The van der Waals surface area contributed by atoms with Crippen LogP contribution in [0.1, 0.15) is 26.7 Å². The summed E-state index contributed by atoms with van der Waals surface area (Å²) < 4.78 is 0. The van der Waals surface area contributed by atoms with Crippen LogP contribution in [0.5, 0.6) is 0 Å². The first kappa shape index (κ1) is 12.8. The maximum Gasteiger partial charge on any atom is 0.320 e. The minimum absolute atomic E-state index is 0.333. The van der Waals surface area contributed by atoms with Gasteiger partial charge in [-0.15, -0.1) is 11.8 Å². The topological polar surface area (TPSA) is 40.5 Å². The monoisotopic (exact) mass is 221 g/mol. The molecule has 1 N–H and O–H groups in total. The SMILES string of the molecule is CC#CCCN1CC(/C=C\C)CC1C(=O)O. The number of rotatable bonds is 4. The number of carbonyl (C=O) groups is 1. The fourth-order valence-corrected chi connectivity index (χ4v) is 2.18. The van der Waals surface area contributed by atoms with E-state index >= 15 is 0 Å². The highest BCUT2D eigenvalue weighted by Gasteiger charge is 2.34. The predicted octanol–water partition coefficient (Wildman–Crippen LogP) is 1.75. The molecule has 0 saturated carbocycles. The van der Waals surface area contributed by atoms with Crippen molar-refractivity contribution in [3.8, 4) is 11.8 Å². The van der Waals surface area contributed by atoms with E-state index in [2.05, 4.69) is 17.9 Å². The van der Waals surface area contributed by atoms with Gasteiger partial charge in [-0.1, -0.05) is 12.2 Å². The van der Waals surface area contributed by atoms with Crippen LogP contribution in [0.2, 0.25) is 0 Å². The molecule has 0 spiro atoms. The van der Waals surface area contributed by atoms with E-state index in [-0.39, 0.29) is 6.04 Å². The van der Waals surface area contributed by atoms with Gasteiger partial charge in [-0.2, -0.15) is 0 Å². The lowest BCUT2D eigenvalue weighted by Crippen LogP contribution is -2.36. The summed E-state index contributed by atoms with van der Waals surface area (Å²) in [5.74, 6) is 5.48. The Morgan fingerprint density at radius 3 is 2.94 bits per heavy atom. The third-order valence-electron chi connectivity index (χ3n) is 2.89. The Bertz CT molecular complexity index is 325. The van der Waals surface area contributed by atoms with E-state index < -0.39 is 5.97 Å². The molecule has 1 saturated heterocycles. The van der Waals surface area contributed by atoms with Gasteiger partial charge in [0.25, 0.3) is 0 Å². The molecule has 16 heavy (non-hydrogen) atoms. The van der Waals surface area contributed by atoms with E-state index in [0.29, 0.717) is 5.92 Å². The van der Waals surface area contributed by atoms with Gasteiger partial charge >= 0.3 is 5.97 Å². The van der Waals surface area contributed by atoms with Crippen LogP contribution in [0.25, 0.3) is 0 Å². The summed E-state index contributed by atoms with van der Waals surface area (Å²) >= 11 is 0. The summed E-state index contributed by atoms with van der Waals surface area (Å²) in [6.45, 7) is 5.38. The van der Waals surface area contributed by atoms with Gasteiger partial charge < -0.3 is 5.11 Å². The first-order valence-electron chi connectivity index (χ1n) is 5.68. The fraction of sp³-hybridized carbons (Fsp3) is 0.615. The Labute approximate surface area is 97.1 Å². The van der Waals surface area contributed by atoms with Crippen LogP contribution < -0.4 is 0 Å². The molecule has 3 nitrogen and oxygen atoms in total. The molecule has 0 aromatic carbocycles. The molecule has 1 heterocycles. The van der Waals surface area contributed by atoms with E-state index in [4.69, 9.17) is 5.11 Å². The van der Waals surface area contributed by atoms with Gasteiger partial charge in [-0.3, -0.25) is 9.69 Å². The minimum Gasteiger partial charge on any atom is -0.480 e. The maximum atomic E-state index is 11.1. The molecular weight excluding hydrogens is 202 g/mol. The van der Waals surface area contributed by atoms with Crippen molar-refractivity contribution in [2.24, 2.45) is 5.92 Å². The van der Waals surface area contributed by atoms with Crippen LogP contribution in [0.3, 0.4) is 0 Å². The smallest absolute Gasteiger partial charge is 0.320 e. The number of allylic oxidation sites excluding steroid dienone is 1. The second-order valence-corrected chi connectivity index (χ2v) is 4.05. The number of carboxylic acids is 1. The summed E-state index contributed by atoms with van der Waals surface area (Å²) in [5.41, 5.74) is 0. The van der Waals surface area contributed by atoms with Crippen LogP contribution in [0, 0.1) is 17.8 Å². The Morgan fingerprint density at radius 2 is 2.38 bits per heavy atom. The highest BCUT2D eigenvalue weighted by atomic mass is 16.4. The molecule has 0 radical (unpaired) electrons. The normalized spacial score (nSPS) is 25.6. The number of aliphatic carboxylic acids is 1. The van der Waals surface area contributed by atoms with Gasteiger partial charge in [0, 0.05) is 19.5 Å². The van der Waals surface area contributed by atoms with Crippen LogP contribution in [-0.4, -0.2) is 35.1 Å². The average molecular weight is 221 g/mol. The van der Waals surface area contributed by atoms with Gasteiger partial charge in [-0.25, -0.2) is 0 Å². The van der Waals surface area contributed by atoms with Gasteiger partial charge in [-0.05, 0) is 26.2 Å². The molecule has 3 heteroatoms. The van der Waals surface area contributed by atoms with Gasteiger partial charge in [0.15, 0.2) is 0 Å². The minimum atomic E-state index is -0.712. The number of hydrogen-bond acceptors (Lipinski definition) is 2. The largest absolute Gasteiger partial charge is 0.480 e. The standard InChI is InChI=1S/C13H19NO2/c1-3-5-6-8-14-10-11(7-4-2)9-12(14)13(15)16/h4,7,11-12H,6,8-10H2,1-2H3,(H,15,16)/b7-4-. The lowest BCUT2D eigenvalue weighted by atomic mass is 10.1. The summed E-state index contributed by atoms with van der Waals surface area (Å²) in [6, 6.07) is -0.333. The van der Waals surface area contributed by atoms with E-state index in [1.165, 1.54) is 0 Å². The number of likely N-dealkylation sites (tertiary alicyclic amines) is 1. The lowest BCUT2D eigenvalue weighted by molar-refractivity contribution is -0.142. The van der Waals surface area contributed by atoms with Crippen molar-refractivity contribution in [1.29, 1.82) is 0 Å². The van der Waals surface area contributed by atoms with Gasteiger partial charge in [0.1, 0.15) is 6.04 Å². The first-order valence-corrected chi connectivity index (χ1v) is 5.68. The van der Waals surface area contributed by atoms with Crippen molar-refractivity contribution < 1.29 is 9.90 Å². The molecule has 0 aromatic rings. The van der Waals surface area contributed by atoms with Crippen molar-refractivity contribution in [1.82, 2.24) is 4.90 Å². The van der Waals surface area contributed by atoms with Crippen LogP contribution >= 0.6 is 0 Å². The van der Waals surface area contributed by atoms with Crippen LogP contribution in [0.4, 0.5) is 0 Å². The summed E-state index contributed by atoms with van der Waals surface area (Å²) in [6.07, 6.45) is 5.57. The Balaban J connectivity index is 2.57. The molecule has 0 amide bonds. The van der Waals surface area contributed by atoms with Crippen molar-refractivity contribution in [3.63, 3.8) is 0 Å². The second kappa shape index (κ2) is 6.34. The van der Waals surface area contributed by atoms with Gasteiger partial charge in [0.2, 0.25) is 0 Å². The summed E-state index contributed by atoms with van der Waals surface area (Å²) in [7, 11) is 0. The highest BCUT2D eigenvalue weighted by Crippen LogP contribution is 2.24. The third-order valence-corrected chi connectivity index (χ3v) is 2.89. The maximum absolute atomic E-state index is 11.1. The van der Waals surface area contributed by atoms with E-state index in [0.717, 1.165) is 25.9 Å². The zero-order valence-corrected chi connectivity index (χ0v) is 9.94. The molecule has 88 valence electrons. The molecule has 0 aliphatic carbocycles. The Morgan fingerprint density at radius 1 is 1.62 bits per heavy atom. The van der Waals surface area contributed by atoms with Crippen LogP contribution in [0.15, 0.2) is 12.2 Å². The molecule has 0 bridgehead atoms. The molecule has 1 aliphatic heterocycles. The Hall–Kier alpha value is -1.27. The third kappa shape index (κ3) is 3.39. The van der Waals surface area contributed by atoms with E-state index in [9.17, 15) is 4.79 Å². The molecule has 1 fully saturated rings. The number of hydrogen-bond donors (Lipinski definition) is 1.